The molecular formula is C30H27N5O2. The number of esters is 1. The molecule has 1 fully saturated rings. The molecule has 2 aromatic carbocycles. The molecule has 0 aliphatic carbocycles. The van der Waals surface area contributed by atoms with E-state index in [1.54, 1.807) is 6.33 Å². The van der Waals surface area contributed by atoms with Crippen LogP contribution in [0.1, 0.15) is 22.5 Å². The molecule has 1 aliphatic heterocycles. The summed E-state index contributed by atoms with van der Waals surface area (Å²) in [5.74, 6) is -0.272. The SMILES string of the molecule is Cc1cccc(-c2[nH]cnc2-c2ccc3ncc(-c4ccc(C(=O)O[C@H]5CCN(C)C5)cc4)cc3c2)n1. The third-order valence-electron chi connectivity index (χ3n) is 6.81. The Morgan fingerprint density at radius 3 is 2.59 bits per heavy atom. The summed E-state index contributed by atoms with van der Waals surface area (Å²) in [5.41, 5.74) is 7.97. The first kappa shape index (κ1) is 23.1. The van der Waals surface area contributed by atoms with Gasteiger partial charge in [0.2, 0.25) is 0 Å². The van der Waals surface area contributed by atoms with Crippen LogP contribution in [0.2, 0.25) is 0 Å². The normalized spacial score (nSPS) is 15.8. The largest absolute Gasteiger partial charge is 0.457 e. The van der Waals surface area contributed by atoms with E-state index in [1.165, 1.54) is 0 Å². The van der Waals surface area contributed by atoms with E-state index >= 15 is 0 Å². The number of imidazole rings is 1. The second-order valence-electron chi connectivity index (χ2n) is 9.58. The van der Waals surface area contributed by atoms with Gasteiger partial charge in [-0.05, 0) is 68.4 Å². The summed E-state index contributed by atoms with van der Waals surface area (Å²) in [5, 5.41) is 1.01. The average molecular weight is 490 g/mol. The maximum Gasteiger partial charge on any atom is 0.338 e. The first-order valence-electron chi connectivity index (χ1n) is 12.4. The highest BCUT2D eigenvalue weighted by atomic mass is 16.5. The van der Waals surface area contributed by atoms with Gasteiger partial charge in [-0.3, -0.25) is 9.97 Å². The number of likely N-dealkylation sites (N-methyl/N-ethyl adjacent to an activating group) is 1. The molecule has 3 aromatic heterocycles. The molecule has 0 amide bonds. The number of carbonyl (C=O) groups excluding carboxylic acids is 1. The number of aromatic nitrogens is 4. The number of hydrogen-bond donors (Lipinski definition) is 1. The molecule has 0 unspecified atom stereocenters. The number of hydrogen-bond acceptors (Lipinski definition) is 6. The molecule has 6 rings (SSSR count). The molecule has 1 aliphatic rings. The Balaban J connectivity index is 1.27. The second kappa shape index (κ2) is 9.59. The number of nitrogens with zero attached hydrogens (tertiary/aromatic N) is 4. The van der Waals surface area contributed by atoms with Crippen LogP contribution in [0.3, 0.4) is 0 Å². The number of aryl methyl sites for hydroxylation is 1. The van der Waals surface area contributed by atoms with Gasteiger partial charge in [0, 0.05) is 41.5 Å². The summed E-state index contributed by atoms with van der Waals surface area (Å²) < 4.78 is 5.66. The van der Waals surface area contributed by atoms with E-state index in [9.17, 15) is 4.79 Å². The molecule has 1 atom stereocenters. The monoisotopic (exact) mass is 489 g/mol. The first-order valence-corrected chi connectivity index (χ1v) is 12.4. The van der Waals surface area contributed by atoms with E-state index < -0.39 is 0 Å². The van der Waals surface area contributed by atoms with Crippen molar-refractivity contribution in [2.45, 2.75) is 19.4 Å². The zero-order valence-corrected chi connectivity index (χ0v) is 20.8. The van der Waals surface area contributed by atoms with Crippen molar-refractivity contribution in [3.8, 4) is 33.8 Å². The topological polar surface area (TPSA) is 84.0 Å². The Morgan fingerprint density at radius 1 is 1.00 bits per heavy atom. The van der Waals surface area contributed by atoms with Crippen molar-refractivity contribution in [2.75, 3.05) is 20.1 Å². The number of nitrogens with one attached hydrogen (secondary N) is 1. The maximum atomic E-state index is 12.6. The summed E-state index contributed by atoms with van der Waals surface area (Å²) >= 11 is 0. The number of pyridine rings is 2. The lowest BCUT2D eigenvalue weighted by Crippen LogP contribution is -2.22. The molecular weight excluding hydrogens is 462 g/mol. The number of ether oxygens (including phenoxy) is 1. The molecule has 4 heterocycles. The zero-order chi connectivity index (χ0) is 25.4. The number of rotatable bonds is 5. The minimum absolute atomic E-state index is 0.0345. The Morgan fingerprint density at radius 2 is 1.81 bits per heavy atom. The van der Waals surface area contributed by atoms with E-state index in [2.05, 4.69) is 37.0 Å². The fourth-order valence-corrected chi connectivity index (χ4v) is 4.84. The first-order chi connectivity index (χ1) is 18.0. The van der Waals surface area contributed by atoms with Crippen LogP contribution in [0.5, 0.6) is 0 Å². The number of H-pyrrole nitrogens is 1. The van der Waals surface area contributed by atoms with Gasteiger partial charge < -0.3 is 14.6 Å². The van der Waals surface area contributed by atoms with Crippen molar-refractivity contribution in [1.82, 2.24) is 24.8 Å². The standard InChI is InChI=1S/C30H27N5O2/c1-19-4-3-5-27(34-19)29-28(32-18-33-29)22-10-11-26-23(14-22)15-24(16-31-26)20-6-8-21(9-7-20)30(36)37-25-12-13-35(2)17-25/h3-11,14-16,18,25H,12-13,17H2,1-2H3,(H,32,33)/t25-/m0/s1. The van der Waals surface area contributed by atoms with Crippen LogP contribution in [0.4, 0.5) is 0 Å². The van der Waals surface area contributed by atoms with Crippen molar-refractivity contribution in [1.29, 1.82) is 0 Å². The fraction of sp³-hybridized carbons (Fsp3) is 0.200. The molecule has 1 saturated heterocycles. The van der Waals surface area contributed by atoms with Crippen LogP contribution >= 0.6 is 0 Å². The maximum absolute atomic E-state index is 12.6. The summed E-state index contributed by atoms with van der Waals surface area (Å²) in [6, 6.07) is 21.8. The van der Waals surface area contributed by atoms with E-state index in [0.717, 1.165) is 69.9 Å². The summed E-state index contributed by atoms with van der Waals surface area (Å²) in [7, 11) is 2.04. The fourth-order valence-electron chi connectivity index (χ4n) is 4.84. The van der Waals surface area contributed by atoms with Gasteiger partial charge in [0.1, 0.15) is 6.10 Å². The number of benzene rings is 2. The Bertz CT molecular complexity index is 1590. The third-order valence-corrected chi connectivity index (χ3v) is 6.81. The highest BCUT2D eigenvalue weighted by Crippen LogP contribution is 2.31. The number of fused-ring (bicyclic) bond motifs is 1. The third kappa shape index (κ3) is 4.73. The van der Waals surface area contributed by atoms with Gasteiger partial charge in [-0.1, -0.05) is 24.3 Å². The average Bonchev–Trinajstić information content (AvgIpc) is 3.57. The van der Waals surface area contributed by atoms with Crippen molar-refractivity contribution in [3.63, 3.8) is 0 Å². The van der Waals surface area contributed by atoms with E-state index in [4.69, 9.17) is 4.74 Å². The van der Waals surface area contributed by atoms with Crippen molar-refractivity contribution in [3.05, 3.63) is 90.5 Å². The molecule has 0 radical (unpaired) electrons. The van der Waals surface area contributed by atoms with Gasteiger partial charge in [0.05, 0.1) is 34.5 Å². The van der Waals surface area contributed by atoms with Gasteiger partial charge in [-0.25, -0.2) is 9.78 Å². The molecule has 0 bridgehead atoms. The van der Waals surface area contributed by atoms with E-state index in [1.807, 2.05) is 74.8 Å². The molecule has 5 aromatic rings. The van der Waals surface area contributed by atoms with Gasteiger partial charge in [0.15, 0.2) is 0 Å². The minimum atomic E-state index is -0.272. The highest BCUT2D eigenvalue weighted by molar-refractivity contribution is 5.91. The van der Waals surface area contributed by atoms with Crippen LogP contribution in [-0.2, 0) is 4.74 Å². The lowest BCUT2D eigenvalue weighted by molar-refractivity contribution is 0.0327. The lowest BCUT2D eigenvalue weighted by atomic mass is 10.0. The predicted octanol–water partition coefficient (Wildman–Crippen LogP) is 5.52. The predicted molar refractivity (Wildman–Crippen MR) is 144 cm³/mol. The Labute approximate surface area is 215 Å². The number of carbonyl (C=O) groups is 1. The van der Waals surface area contributed by atoms with E-state index in [-0.39, 0.29) is 12.1 Å². The van der Waals surface area contributed by atoms with Crippen molar-refractivity contribution in [2.24, 2.45) is 0 Å². The van der Waals surface area contributed by atoms with Crippen molar-refractivity contribution >= 4 is 16.9 Å². The van der Waals surface area contributed by atoms with Gasteiger partial charge in [-0.2, -0.15) is 0 Å². The Kier molecular flexibility index (Phi) is 5.98. The van der Waals surface area contributed by atoms with Crippen LogP contribution in [-0.4, -0.2) is 57.0 Å². The summed E-state index contributed by atoms with van der Waals surface area (Å²) in [4.78, 5) is 31.9. The highest BCUT2D eigenvalue weighted by Gasteiger charge is 2.23. The Hall–Kier alpha value is -4.36. The molecule has 1 N–H and O–H groups in total. The summed E-state index contributed by atoms with van der Waals surface area (Å²) in [6.07, 6.45) is 4.41. The van der Waals surface area contributed by atoms with Crippen LogP contribution in [0.25, 0.3) is 44.7 Å². The molecule has 7 nitrogen and oxygen atoms in total. The van der Waals surface area contributed by atoms with Gasteiger partial charge in [0.25, 0.3) is 0 Å². The van der Waals surface area contributed by atoms with Crippen molar-refractivity contribution < 1.29 is 9.53 Å². The molecule has 7 heteroatoms. The smallest absolute Gasteiger partial charge is 0.338 e. The molecule has 37 heavy (non-hydrogen) atoms. The number of likely N-dealkylation sites (tertiary alicyclic amines) is 1. The van der Waals surface area contributed by atoms with Gasteiger partial charge >= 0.3 is 5.97 Å². The number of aromatic amines is 1. The second-order valence-corrected chi connectivity index (χ2v) is 9.58. The van der Waals surface area contributed by atoms with Crippen LogP contribution in [0, 0.1) is 6.92 Å². The van der Waals surface area contributed by atoms with Gasteiger partial charge in [-0.15, -0.1) is 0 Å². The lowest BCUT2D eigenvalue weighted by Gasteiger charge is -2.12. The summed E-state index contributed by atoms with van der Waals surface area (Å²) in [6.45, 7) is 3.72. The molecule has 0 spiro atoms. The van der Waals surface area contributed by atoms with Crippen LogP contribution in [0.15, 0.2) is 79.3 Å². The van der Waals surface area contributed by atoms with Crippen LogP contribution < -0.4 is 0 Å². The van der Waals surface area contributed by atoms with E-state index in [0.29, 0.717) is 5.56 Å². The molecule has 184 valence electrons. The zero-order valence-electron chi connectivity index (χ0n) is 20.8. The minimum Gasteiger partial charge on any atom is -0.457 e. The quantitative estimate of drug-likeness (QED) is 0.327. The molecule has 0 saturated carbocycles.